The number of carbonyl (C=O) groups excluding carboxylic acids is 2. The van der Waals surface area contributed by atoms with Crippen molar-refractivity contribution in [2.75, 3.05) is 6.54 Å². The predicted molar refractivity (Wildman–Crippen MR) is 91.3 cm³/mol. The molecule has 0 aromatic heterocycles. The number of halogens is 1. The van der Waals surface area contributed by atoms with Gasteiger partial charge < -0.3 is 16.0 Å². The molecule has 2 amide bonds. The number of nitrogens with one attached hydrogen (secondary N) is 3. The van der Waals surface area contributed by atoms with E-state index < -0.39 is 0 Å². The van der Waals surface area contributed by atoms with Gasteiger partial charge in [-0.25, -0.2) is 0 Å². The van der Waals surface area contributed by atoms with Crippen LogP contribution in [0.3, 0.4) is 0 Å². The Morgan fingerprint density at radius 1 is 1.35 bits per heavy atom. The van der Waals surface area contributed by atoms with Gasteiger partial charge in [0.2, 0.25) is 11.8 Å². The minimum atomic E-state index is -0.344. The molecule has 1 aromatic carbocycles. The molecule has 6 heteroatoms. The molecule has 3 atom stereocenters. The number of benzene rings is 1. The molecule has 1 heterocycles. The van der Waals surface area contributed by atoms with Crippen LogP contribution in [0.4, 0.5) is 0 Å². The molecule has 0 saturated carbocycles. The highest BCUT2D eigenvalue weighted by Crippen LogP contribution is 2.20. The average Bonchev–Trinajstić information content (AvgIpc) is 2.46. The number of carbonyl (C=O) groups is 2. The highest BCUT2D eigenvalue weighted by molar-refractivity contribution is 6.30. The van der Waals surface area contributed by atoms with Gasteiger partial charge in [0.1, 0.15) is 0 Å². The minimum Gasteiger partial charge on any atom is -0.353 e. The first-order chi connectivity index (χ1) is 10.9. The molecule has 0 bridgehead atoms. The quantitative estimate of drug-likeness (QED) is 0.771. The third-order valence-electron chi connectivity index (χ3n) is 4.03. The summed E-state index contributed by atoms with van der Waals surface area (Å²) in [6.07, 6.45) is 2.08. The molecule has 0 aliphatic carbocycles. The molecule has 1 aliphatic rings. The standard InChI is InChI=1S/C17H24ClN3O2/c1-11-9-15(7-8-19-11)21-17(23)10-16(20-12(2)22)13-3-5-14(18)6-4-13/h3-6,11,15-16,19H,7-10H2,1-2H3,(H,20,22)(H,21,23). The molecule has 1 aromatic rings. The topological polar surface area (TPSA) is 70.2 Å². The molecule has 2 rings (SSSR count). The monoisotopic (exact) mass is 337 g/mol. The molecule has 1 saturated heterocycles. The fourth-order valence-corrected chi connectivity index (χ4v) is 3.05. The lowest BCUT2D eigenvalue weighted by atomic mass is 9.99. The Balaban J connectivity index is 1.97. The maximum absolute atomic E-state index is 12.3. The zero-order valence-corrected chi connectivity index (χ0v) is 14.3. The fraction of sp³-hybridized carbons (Fsp3) is 0.529. The third-order valence-corrected chi connectivity index (χ3v) is 4.28. The SMILES string of the molecule is CC(=O)NC(CC(=O)NC1CCNC(C)C1)c1ccc(Cl)cc1. The van der Waals surface area contributed by atoms with E-state index in [0.29, 0.717) is 11.1 Å². The summed E-state index contributed by atoms with van der Waals surface area (Å²) in [5, 5.41) is 9.91. The van der Waals surface area contributed by atoms with Crippen LogP contribution in [0.5, 0.6) is 0 Å². The van der Waals surface area contributed by atoms with Crippen molar-refractivity contribution in [2.45, 2.75) is 51.2 Å². The Labute approximate surface area is 142 Å². The highest BCUT2D eigenvalue weighted by atomic mass is 35.5. The zero-order chi connectivity index (χ0) is 16.8. The summed E-state index contributed by atoms with van der Waals surface area (Å²) in [6, 6.07) is 7.46. The Kier molecular flexibility index (Phi) is 6.42. The normalized spacial score (nSPS) is 22.2. The smallest absolute Gasteiger partial charge is 0.222 e. The highest BCUT2D eigenvalue weighted by Gasteiger charge is 2.22. The lowest BCUT2D eigenvalue weighted by molar-refractivity contribution is -0.123. The summed E-state index contributed by atoms with van der Waals surface area (Å²) in [6.45, 7) is 4.49. The van der Waals surface area contributed by atoms with Gasteiger partial charge in [0.15, 0.2) is 0 Å². The van der Waals surface area contributed by atoms with E-state index in [1.807, 2.05) is 12.1 Å². The van der Waals surface area contributed by atoms with Crippen molar-refractivity contribution in [1.82, 2.24) is 16.0 Å². The van der Waals surface area contributed by atoms with Gasteiger partial charge >= 0.3 is 0 Å². The van der Waals surface area contributed by atoms with Crippen molar-refractivity contribution >= 4 is 23.4 Å². The van der Waals surface area contributed by atoms with Crippen molar-refractivity contribution < 1.29 is 9.59 Å². The van der Waals surface area contributed by atoms with Crippen molar-refractivity contribution in [2.24, 2.45) is 0 Å². The summed E-state index contributed by atoms with van der Waals surface area (Å²) in [4.78, 5) is 23.8. The van der Waals surface area contributed by atoms with E-state index in [9.17, 15) is 9.59 Å². The zero-order valence-electron chi connectivity index (χ0n) is 13.6. The molecule has 1 aliphatic heterocycles. The van der Waals surface area contributed by atoms with Crippen LogP contribution < -0.4 is 16.0 Å². The number of hydrogen-bond acceptors (Lipinski definition) is 3. The van der Waals surface area contributed by atoms with Gasteiger partial charge in [0.25, 0.3) is 0 Å². The summed E-state index contributed by atoms with van der Waals surface area (Å²) in [7, 11) is 0. The number of piperidine rings is 1. The summed E-state index contributed by atoms with van der Waals surface area (Å²) >= 11 is 5.90. The second-order valence-corrected chi connectivity index (χ2v) is 6.59. The maximum atomic E-state index is 12.3. The molecule has 1 fully saturated rings. The molecule has 3 unspecified atom stereocenters. The van der Waals surface area contributed by atoms with Gasteiger partial charge in [-0.15, -0.1) is 0 Å². The predicted octanol–water partition coefficient (Wildman–Crippen LogP) is 2.16. The Morgan fingerprint density at radius 2 is 2.04 bits per heavy atom. The van der Waals surface area contributed by atoms with Crippen molar-refractivity contribution in [3.05, 3.63) is 34.9 Å². The van der Waals surface area contributed by atoms with Gasteiger partial charge in [-0.3, -0.25) is 9.59 Å². The van der Waals surface area contributed by atoms with Crippen LogP contribution in [0.1, 0.15) is 44.7 Å². The molecule has 0 radical (unpaired) electrons. The third kappa shape index (κ3) is 5.84. The second-order valence-electron chi connectivity index (χ2n) is 6.15. The molecular weight excluding hydrogens is 314 g/mol. The van der Waals surface area contributed by atoms with Gasteiger partial charge in [-0.1, -0.05) is 23.7 Å². The molecule has 5 nitrogen and oxygen atoms in total. The van der Waals surface area contributed by atoms with Crippen molar-refractivity contribution in [1.29, 1.82) is 0 Å². The number of rotatable bonds is 5. The Morgan fingerprint density at radius 3 is 2.65 bits per heavy atom. The Hall–Kier alpha value is -1.59. The van der Waals surface area contributed by atoms with E-state index in [-0.39, 0.29) is 30.3 Å². The van der Waals surface area contributed by atoms with E-state index in [1.165, 1.54) is 6.92 Å². The molecule has 23 heavy (non-hydrogen) atoms. The first kappa shape index (κ1) is 17.8. The molecule has 126 valence electrons. The van der Waals surface area contributed by atoms with Crippen molar-refractivity contribution in [3.63, 3.8) is 0 Å². The van der Waals surface area contributed by atoms with E-state index in [1.54, 1.807) is 12.1 Å². The minimum absolute atomic E-state index is 0.0437. The molecule has 3 N–H and O–H groups in total. The van der Waals surface area contributed by atoms with Crippen LogP contribution in [0, 0.1) is 0 Å². The van der Waals surface area contributed by atoms with Crippen LogP contribution in [-0.4, -0.2) is 30.4 Å². The van der Waals surface area contributed by atoms with E-state index in [4.69, 9.17) is 11.6 Å². The maximum Gasteiger partial charge on any atom is 0.222 e. The largest absolute Gasteiger partial charge is 0.353 e. The number of hydrogen-bond donors (Lipinski definition) is 3. The lowest BCUT2D eigenvalue weighted by Gasteiger charge is -2.29. The first-order valence-corrected chi connectivity index (χ1v) is 8.37. The summed E-state index contributed by atoms with van der Waals surface area (Å²) < 4.78 is 0. The molecule has 0 spiro atoms. The van der Waals surface area contributed by atoms with E-state index >= 15 is 0 Å². The van der Waals surface area contributed by atoms with Gasteiger partial charge in [-0.2, -0.15) is 0 Å². The number of amides is 2. The average molecular weight is 338 g/mol. The van der Waals surface area contributed by atoms with Gasteiger partial charge in [0.05, 0.1) is 12.5 Å². The second kappa shape index (κ2) is 8.31. The fourth-order valence-electron chi connectivity index (χ4n) is 2.93. The van der Waals surface area contributed by atoms with Crippen LogP contribution in [0.2, 0.25) is 5.02 Å². The summed E-state index contributed by atoms with van der Waals surface area (Å²) in [5.74, 6) is -0.203. The Bertz CT molecular complexity index is 547. The van der Waals surface area contributed by atoms with E-state index in [0.717, 1.165) is 24.9 Å². The summed E-state index contributed by atoms with van der Waals surface area (Å²) in [5.41, 5.74) is 0.874. The van der Waals surface area contributed by atoms with Crippen LogP contribution in [0.25, 0.3) is 0 Å². The van der Waals surface area contributed by atoms with Crippen molar-refractivity contribution in [3.8, 4) is 0 Å². The molecular formula is C17H24ClN3O2. The van der Waals surface area contributed by atoms with Crippen LogP contribution in [0.15, 0.2) is 24.3 Å². The van der Waals surface area contributed by atoms with Crippen LogP contribution in [-0.2, 0) is 9.59 Å². The first-order valence-electron chi connectivity index (χ1n) is 7.99. The van der Waals surface area contributed by atoms with Gasteiger partial charge in [-0.05, 0) is 44.0 Å². The van der Waals surface area contributed by atoms with Gasteiger partial charge in [0, 0.05) is 24.0 Å². The van der Waals surface area contributed by atoms with Crippen LogP contribution >= 0.6 is 11.6 Å². The lowest BCUT2D eigenvalue weighted by Crippen LogP contribution is -2.47. The van der Waals surface area contributed by atoms with E-state index in [2.05, 4.69) is 22.9 Å².